The Hall–Kier alpha value is -2.98. The van der Waals surface area contributed by atoms with Crippen LogP contribution in [0.2, 0.25) is 0 Å². The maximum absolute atomic E-state index is 15.7. The molecule has 1 aliphatic rings. The van der Waals surface area contributed by atoms with Crippen molar-refractivity contribution in [1.29, 1.82) is 0 Å². The Kier molecular flexibility index (Phi) is 9.80. The molecule has 0 spiro atoms. The second-order valence-corrected chi connectivity index (χ2v) is 7.94. The number of hydrogen-bond acceptors (Lipinski definition) is 8. The van der Waals surface area contributed by atoms with Crippen molar-refractivity contribution in [2.75, 3.05) is 13.2 Å². The van der Waals surface area contributed by atoms with E-state index >= 15 is 4.39 Å². The van der Waals surface area contributed by atoms with E-state index in [-0.39, 0.29) is 12.8 Å². The third kappa shape index (κ3) is 6.75. The number of carbonyl (C=O) groups is 2. The standard InChI is InChI=1S/C21H30FN5O6/c1-4-6-8-15(28)31-13-21(12-24-26-23)18(32-16(29)9-7-5-2)17(22)19(33-21)27-11-10-14(3)25-20(27)30/h10-11,17-19H,4-9,12-13H2,1-3H3/t17-,18+,19-,21-/m1/s1. The van der Waals surface area contributed by atoms with E-state index in [1.807, 2.05) is 13.8 Å². The second-order valence-electron chi connectivity index (χ2n) is 7.94. The van der Waals surface area contributed by atoms with Gasteiger partial charge in [0.1, 0.15) is 6.61 Å². The van der Waals surface area contributed by atoms with Gasteiger partial charge in [0, 0.05) is 29.6 Å². The summed E-state index contributed by atoms with van der Waals surface area (Å²) in [5, 5.41) is 3.49. The molecule has 182 valence electrons. The zero-order valence-electron chi connectivity index (χ0n) is 19.1. The van der Waals surface area contributed by atoms with Crippen molar-refractivity contribution in [1.82, 2.24) is 9.55 Å². The van der Waals surface area contributed by atoms with Gasteiger partial charge in [0.05, 0.1) is 6.54 Å². The largest absolute Gasteiger partial charge is 0.462 e. The van der Waals surface area contributed by atoms with Crippen LogP contribution in [-0.2, 0) is 23.8 Å². The molecular weight excluding hydrogens is 437 g/mol. The predicted molar refractivity (Wildman–Crippen MR) is 115 cm³/mol. The van der Waals surface area contributed by atoms with Crippen molar-refractivity contribution < 1.29 is 28.2 Å². The number of unbranched alkanes of at least 4 members (excludes halogenated alkanes) is 2. The summed E-state index contributed by atoms with van der Waals surface area (Å²) in [4.78, 5) is 43.3. The zero-order chi connectivity index (χ0) is 24.4. The Morgan fingerprint density at radius 2 is 1.97 bits per heavy atom. The number of ether oxygens (including phenoxy) is 3. The third-order valence-corrected chi connectivity index (χ3v) is 5.29. The fourth-order valence-corrected chi connectivity index (χ4v) is 3.44. The summed E-state index contributed by atoms with van der Waals surface area (Å²) in [6.07, 6.45) is -1.01. The van der Waals surface area contributed by atoms with Gasteiger partial charge in [-0.15, -0.1) is 0 Å². The summed E-state index contributed by atoms with van der Waals surface area (Å²) < 4.78 is 33.2. The average molecular weight is 467 g/mol. The van der Waals surface area contributed by atoms with Crippen LogP contribution < -0.4 is 5.69 Å². The molecule has 1 aliphatic heterocycles. The van der Waals surface area contributed by atoms with Gasteiger partial charge in [-0.3, -0.25) is 14.2 Å². The van der Waals surface area contributed by atoms with E-state index in [2.05, 4.69) is 15.0 Å². The zero-order valence-corrected chi connectivity index (χ0v) is 19.1. The van der Waals surface area contributed by atoms with Crippen molar-refractivity contribution in [3.63, 3.8) is 0 Å². The monoisotopic (exact) mass is 467 g/mol. The van der Waals surface area contributed by atoms with Gasteiger partial charge < -0.3 is 14.2 Å². The minimum Gasteiger partial charge on any atom is -0.462 e. The second kappa shape index (κ2) is 12.3. The molecule has 2 heterocycles. The highest BCUT2D eigenvalue weighted by Crippen LogP contribution is 2.41. The number of hydrogen-bond donors (Lipinski definition) is 0. The van der Waals surface area contributed by atoms with Crippen molar-refractivity contribution in [3.05, 3.63) is 38.9 Å². The molecule has 0 saturated carbocycles. The van der Waals surface area contributed by atoms with Crippen LogP contribution in [0.5, 0.6) is 0 Å². The molecule has 0 aromatic carbocycles. The van der Waals surface area contributed by atoms with Crippen LogP contribution in [0.1, 0.15) is 64.3 Å². The van der Waals surface area contributed by atoms with Crippen molar-refractivity contribution in [2.45, 2.75) is 83.4 Å². The van der Waals surface area contributed by atoms with E-state index in [1.165, 1.54) is 12.3 Å². The summed E-state index contributed by atoms with van der Waals surface area (Å²) in [6, 6.07) is 1.50. The number of rotatable bonds is 12. The maximum Gasteiger partial charge on any atom is 0.349 e. The first-order chi connectivity index (χ1) is 15.8. The fraction of sp³-hybridized carbons (Fsp3) is 0.714. The van der Waals surface area contributed by atoms with E-state index < -0.39 is 54.9 Å². The topological polar surface area (TPSA) is 145 Å². The van der Waals surface area contributed by atoms with Crippen molar-refractivity contribution in [3.8, 4) is 0 Å². The Labute approximate surface area is 190 Å². The number of carbonyl (C=O) groups excluding carboxylic acids is 2. The van der Waals surface area contributed by atoms with Crippen LogP contribution in [0, 0.1) is 6.92 Å². The van der Waals surface area contributed by atoms with E-state index in [1.54, 1.807) is 6.92 Å². The summed E-state index contributed by atoms with van der Waals surface area (Å²) in [7, 11) is 0. The smallest absolute Gasteiger partial charge is 0.349 e. The van der Waals surface area contributed by atoms with Crippen molar-refractivity contribution >= 4 is 11.9 Å². The minimum atomic E-state index is -2.01. The Balaban J connectivity index is 2.42. The van der Waals surface area contributed by atoms with E-state index in [0.717, 1.165) is 17.4 Å². The molecular formula is C21H30FN5O6. The first kappa shape index (κ1) is 26.3. The molecule has 11 nitrogen and oxygen atoms in total. The highest BCUT2D eigenvalue weighted by molar-refractivity contribution is 5.70. The molecule has 2 rings (SSSR count). The molecule has 1 saturated heterocycles. The first-order valence-electron chi connectivity index (χ1n) is 11.0. The molecule has 33 heavy (non-hydrogen) atoms. The third-order valence-electron chi connectivity index (χ3n) is 5.29. The molecule has 1 fully saturated rings. The highest BCUT2D eigenvalue weighted by Gasteiger charge is 2.59. The van der Waals surface area contributed by atoms with Gasteiger partial charge in [-0.25, -0.2) is 9.18 Å². The van der Waals surface area contributed by atoms with Gasteiger partial charge in [-0.2, -0.15) is 4.98 Å². The normalized spacial score (nSPS) is 24.2. The van der Waals surface area contributed by atoms with Gasteiger partial charge in [-0.05, 0) is 31.4 Å². The molecule has 1 aromatic rings. The van der Waals surface area contributed by atoms with Gasteiger partial charge >= 0.3 is 17.6 Å². The highest BCUT2D eigenvalue weighted by atomic mass is 19.1. The van der Waals surface area contributed by atoms with E-state index in [0.29, 0.717) is 18.5 Å². The van der Waals surface area contributed by atoms with Crippen LogP contribution in [-0.4, -0.2) is 52.5 Å². The lowest BCUT2D eigenvalue weighted by atomic mass is 9.96. The Morgan fingerprint density at radius 1 is 1.30 bits per heavy atom. The molecule has 0 bridgehead atoms. The molecule has 1 aromatic heterocycles. The SMILES string of the molecule is CCCCC(=O)OC[C@@]1(CN=[N+]=[N-])O[C@@H](n2ccc(C)nc2=O)[C@H](F)[C@@H]1OC(=O)CCCC. The predicted octanol–water partition coefficient (Wildman–Crippen LogP) is 3.30. The molecule has 12 heteroatoms. The van der Waals surface area contributed by atoms with E-state index in [4.69, 9.17) is 19.7 Å². The molecule has 4 atom stereocenters. The number of alkyl halides is 1. The molecule has 0 aliphatic carbocycles. The van der Waals surface area contributed by atoms with Crippen LogP contribution in [0.15, 0.2) is 22.2 Å². The van der Waals surface area contributed by atoms with Crippen molar-refractivity contribution in [2.24, 2.45) is 5.11 Å². The minimum absolute atomic E-state index is 0.0459. The quantitative estimate of drug-likeness (QED) is 0.198. The van der Waals surface area contributed by atoms with Crippen LogP contribution in [0.25, 0.3) is 10.4 Å². The first-order valence-corrected chi connectivity index (χ1v) is 11.0. The number of halogens is 1. The number of aryl methyl sites for hydroxylation is 1. The molecule has 0 unspecified atom stereocenters. The number of aromatic nitrogens is 2. The van der Waals surface area contributed by atoms with Crippen LogP contribution in [0.3, 0.4) is 0 Å². The lowest BCUT2D eigenvalue weighted by molar-refractivity contribution is -0.176. The van der Waals surface area contributed by atoms with Crippen LogP contribution in [0.4, 0.5) is 4.39 Å². The van der Waals surface area contributed by atoms with Gasteiger partial charge in [0.25, 0.3) is 0 Å². The lowest BCUT2D eigenvalue weighted by Crippen LogP contribution is -2.51. The Morgan fingerprint density at radius 3 is 2.58 bits per heavy atom. The summed E-state index contributed by atoms with van der Waals surface area (Å²) in [5.74, 6) is -1.23. The van der Waals surface area contributed by atoms with E-state index in [9.17, 15) is 14.4 Å². The summed E-state index contributed by atoms with van der Waals surface area (Å²) >= 11 is 0. The number of esters is 2. The fourth-order valence-electron chi connectivity index (χ4n) is 3.44. The average Bonchev–Trinajstić information content (AvgIpc) is 3.05. The van der Waals surface area contributed by atoms with Gasteiger partial charge in [0.15, 0.2) is 24.1 Å². The molecule has 0 radical (unpaired) electrons. The molecule has 0 amide bonds. The summed E-state index contributed by atoms with van der Waals surface area (Å²) in [6.45, 7) is 4.40. The summed E-state index contributed by atoms with van der Waals surface area (Å²) in [5.41, 5.74) is 6.72. The van der Waals surface area contributed by atoms with Gasteiger partial charge in [0.2, 0.25) is 0 Å². The number of nitrogens with zero attached hydrogens (tertiary/aromatic N) is 5. The Bertz CT molecular complexity index is 934. The van der Waals surface area contributed by atoms with Gasteiger partial charge in [-0.1, -0.05) is 31.8 Å². The lowest BCUT2D eigenvalue weighted by Gasteiger charge is -2.32. The van der Waals surface area contributed by atoms with Crippen LogP contribution >= 0.6 is 0 Å². The number of azide groups is 1. The molecule has 0 N–H and O–H groups in total. The maximum atomic E-state index is 15.7.